The number of thiazole rings is 1. The van der Waals surface area contributed by atoms with Crippen molar-refractivity contribution in [3.05, 3.63) is 52.0 Å². The highest BCUT2D eigenvalue weighted by Crippen LogP contribution is 2.38. The molecule has 0 bridgehead atoms. The third-order valence-electron chi connectivity index (χ3n) is 5.06. The average molecular weight is 456 g/mol. The number of carbonyl (C=O) groups is 1. The zero-order valence-electron chi connectivity index (χ0n) is 15.5. The van der Waals surface area contributed by atoms with Gasteiger partial charge in [0.15, 0.2) is 5.13 Å². The summed E-state index contributed by atoms with van der Waals surface area (Å²) in [7, 11) is 0. The monoisotopic (exact) mass is 455 g/mol. The number of phenols is 1. The van der Waals surface area contributed by atoms with Crippen LogP contribution in [-0.4, -0.2) is 29.1 Å². The molecule has 0 saturated carbocycles. The molecule has 4 rings (SSSR count). The Morgan fingerprint density at radius 1 is 1.23 bits per heavy atom. The summed E-state index contributed by atoms with van der Waals surface area (Å²) in [6.07, 6.45) is -2.83. The first-order chi connectivity index (χ1) is 14.2. The minimum absolute atomic E-state index is 0.00580. The molecule has 0 radical (unpaired) electrons. The molecule has 2 aromatic carbocycles. The van der Waals surface area contributed by atoms with Crippen LogP contribution in [0.1, 0.15) is 40.2 Å². The lowest BCUT2D eigenvalue weighted by molar-refractivity contribution is -0.137. The summed E-state index contributed by atoms with van der Waals surface area (Å²) < 4.78 is 39.0. The Kier molecular flexibility index (Phi) is 5.61. The smallest absolute Gasteiger partial charge is 0.416 e. The van der Waals surface area contributed by atoms with Gasteiger partial charge in [-0.2, -0.15) is 13.2 Å². The maximum atomic E-state index is 12.9. The molecule has 1 saturated heterocycles. The highest BCUT2D eigenvalue weighted by molar-refractivity contribution is 7.22. The number of phenolic OH excluding ortho intramolecular Hbond substituents is 1. The van der Waals surface area contributed by atoms with Gasteiger partial charge < -0.3 is 10.4 Å². The van der Waals surface area contributed by atoms with Crippen LogP contribution in [0.4, 0.5) is 18.3 Å². The largest absolute Gasteiger partial charge is 0.507 e. The Morgan fingerprint density at radius 3 is 2.67 bits per heavy atom. The van der Waals surface area contributed by atoms with Crippen molar-refractivity contribution >= 4 is 44.2 Å². The molecular weight excluding hydrogens is 439 g/mol. The number of amides is 1. The topological polar surface area (TPSA) is 74.2 Å². The van der Waals surface area contributed by atoms with E-state index in [1.165, 1.54) is 12.1 Å². The highest BCUT2D eigenvalue weighted by Gasteiger charge is 2.31. The van der Waals surface area contributed by atoms with Gasteiger partial charge in [0, 0.05) is 5.02 Å². The van der Waals surface area contributed by atoms with Gasteiger partial charge in [-0.3, -0.25) is 10.1 Å². The van der Waals surface area contributed by atoms with E-state index in [0.29, 0.717) is 20.8 Å². The Balaban J connectivity index is 1.61. The third-order valence-corrected chi connectivity index (χ3v) is 6.22. The first kappa shape index (κ1) is 20.9. The van der Waals surface area contributed by atoms with Crippen molar-refractivity contribution in [2.75, 3.05) is 18.4 Å². The van der Waals surface area contributed by atoms with Crippen LogP contribution in [0.15, 0.2) is 30.3 Å². The van der Waals surface area contributed by atoms with Gasteiger partial charge in [0.25, 0.3) is 5.91 Å². The fourth-order valence-corrected chi connectivity index (χ4v) is 4.68. The number of benzene rings is 2. The third kappa shape index (κ3) is 4.23. The van der Waals surface area contributed by atoms with Gasteiger partial charge in [0.1, 0.15) is 5.75 Å². The summed E-state index contributed by atoms with van der Waals surface area (Å²) in [4.78, 5) is 16.9. The number of anilines is 1. The number of aromatic hydroxyl groups is 1. The molecule has 3 N–H and O–H groups in total. The summed E-state index contributed by atoms with van der Waals surface area (Å²) >= 11 is 7.11. The number of nitrogens with zero attached hydrogens (tertiary/aromatic N) is 1. The summed E-state index contributed by atoms with van der Waals surface area (Å²) in [5.41, 5.74) is 0.184. The molecule has 1 fully saturated rings. The molecular formula is C20H17ClF3N3O2S. The van der Waals surface area contributed by atoms with Crippen molar-refractivity contribution in [2.45, 2.75) is 24.9 Å². The molecule has 10 heteroatoms. The van der Waals surface area contributed by atoms with Crippen molar-refractivity contribution in [2.24, 2.45) is 0 Å². The number of piperidine rings is 1. The maximum absolute atomic E-state index is 12.9. The van der Waals surface area contributed by atoms with Crippen molar-refractivity contribution in [3.8, 4) is 5.75 Å². The molecule has 1 aliphatic rings. The van der Waals surface area contributed by atoms with Crippen LogP contribution < -0.4 is 10.6 Å². The number of rotatable bonds is 3. The number of nitrogens with one attached hydrogen (secondary N) is 2. The van der Waals surface area contributed by atoms with Gasteiger partial charge in [-0.05, 0) is 67.7 Å². The lowest BCUT2D eigenvalue weighted by Crippen LogP contribution is -2.27. The lowest BCUT2D eigenvalue weighted by atomic mass is 9.88. The van der Waals surface area contributed by atoms with Gasteiger partial charge in [0.05, 0.1) is 21.3 Å². The van der Waals surface area contributed by atoms with Crippen LogP contribution in [0.2, 0.25) is 5.02 Å². The van der Waals surface area contributed by atoms with Crippen LogP contribution in [0.5, 0.6) is 5.75 Å². The molecule has 30 heavy (non-hydrogen) atoms. The minimum atomic E-state index is -4.46. The standard InChI is InChI=1S/C20H17ClF3N3O2S/c21-12-8-13(10-3-5-25-6-4-10)17(28)14(9-12)18(29)27-19-26-15-2-1-11(20(22,23)24)7-16(15)30-19/h1-2,7-10,25,28H,3-6H2,(H,26,27,29). The second-order valence-electron chi connectivity index (χ2n) is 7.07. The van der Waals surface area contributed by atoms with Gasteiger partial charge in [-0.1, -0.05) is 22.9 Å². The summed E-state index contributed by atoms with van der Waals surface area (Å²) in [5, 5.41) is 17.0. The Hall–Kier alpha value is -2.36. The lowest BCUT2D eigenvalue weighted by Gasteiger charge is -2.24. The highest BCUT2D eigenvalue weighted by atomic mass is 35.5. The molecule has 2 heterocycles. The van der Waals surface area contributed by atoms with E-state index in [9.17, 15) is 23.1 Å². The van der Waals surface area contributed by atoms with E-state index in [0.717, 1.165) is 49.4 Å². The van der Waals surface area contributed by atoms with Crippen LogP contribution in [0, 0.1) is 0 Å². The SMILES string of the molecule is O=C(Nc1nc2ccc(C(F)(F)F)cc2s1)c1cc(Cl)cc(C2CCNCC2)c1O. The Morgan fingerprint density at radius 2 is 1.97 bits per heavy atom. The first-order valence-electron chi connectivity index (χ1n) is 9.24. The first-order valence-corrected chi connectivity index (χ1v) is 10.4. The molecule has 0 atom stereocenters. The van der Waals surface area contributed by atoms with Crippen LogP contribution in [-0.2, 0) is 6.18 Å². The van der Waals surface area contributed by atoms with E-state index in [1.807, 2.05) is 0 Å². The van der Waals surface area contributed by atoms with E-state index < -0.39 is 17.6 Å². The number of aromatic nitrogens is 1. The van der Waals surface area contributed by atoms with E-state index in [4.69, 9.17) is 11.6 Å². The van der Waals surface area contributed by atoms with Crippen molar-refractivity contribution in [3.63, 3.8) is 0 Å². The molecule has 0 spiro atoms. The number of hydrogen-bond donors (Lipinski definition) is 3. The molecule has 1 amide bonds. The zero-order valence-corrected chi connectivity index (χ0v) is 17.1. The van der Waals surface area contributed by atoms with Crippen LogP contribution >= 0.6 is 22.9 Å². The molecule has 158 valence electrons. The van der Waals surface area contributed by atoms with Gasteiger partial charge in [0.2, 0.25) is 0 Å². The molecule has 1 aromatic heterocycles. The number of hydrogen-bond acceptors (Lipinski definition) is 5. The Labute approximate surface area is 178 Å². The van der Waals surface area contributed by atoms with E-state index >= 15 is 0 Å². The number of alkyl halides is 3. The normalized spacial score (nSPS) is 15.5. The second-order valence-corrected chi connectivity index (χ2v) is 8.54. The molecule has 5 nitrogen and oxygen atoms in total. The number of halogens is 4. The van der Waals surface area contributed by atoms with Gasteiger partial charge in [-0.25, -0.2) is 4.98 Å². The maximum Gasteiger partial charge on any atom is 0.416 e. The molecule has 0 unspecified atom stereocenters. The van der Waals surface area contributed by atoms with E-state index in [2.05, 4.69) is 15.6 Å². The zero-order chi connectivity index (χ0) is 21.5. The fourth-order valence-electron chi connectivity index (χ4n) is 3.56. The van der Waals surface area contributed by atoms with Crippen molar-refractivity contribution < 1.29 is 23.1 Å². The van der Waals surface area contributed by atoms with Crippen LogP contribution in [0.25, 0.3) is 10.2 Å². The van der Waals surface area contributed by atoms with Gasteiger partial charge in [-0.15, -0.1) is 0 Å². The predicted molar refractivity (Wildman–Crippen MR) is 111 cm³/mol. The Bertz CT molecular complexity index is 1110. The second kappa shape index (κ2) is 8.05. The van der Waals surface area contributed by atoms with Crippen molar-refractivity contribution in [1.82, 2.24) is 10.3 Å². The minimum Gasteiger partial charge on any atom is -0.507 e. The summed E-state index contributed by atoms with van der Waals surface area (Å²) in [6, 6.07) is 6.23. The average Bonchev–Trinajstić information content (AvgIpc) is 3.10. The quantitative estimate of drug-likeness (QED) is 0.495. The van der Waals surface area contributed by atoms with Crippen molar-refractivity contribution in [1.29, 1.82) is 0 Å². The number of fused-ring (bicyclic) bond motifs is 1. The summed E-state index contributed by atoms with van der Waals surface area (Å²) in [5.74, 6) is -0.677. The summed E-state index contributed by atoms with van der Waals surface area (Å²) in [6.45, 7) is 1.62. The molecule has 0 aliphatic carbocycles. The number of carbonyl (C=O) groups excluding carboxylic acids is 1. The van der Waals surface area contributed by atoms with E-state index in [1.54, 1.807) is 6.07 Å². The van der Waals surface area contributed by atoms with E-state index in [-0.39, 0.29) is 22.4 Å². The predicted octanol–water partition coefficient (Wildman–Crippen LogP) is 5.39. The fraction of sp³-hybridized carbons (Fsp3) is 0.300. The van der Waals surface area contributed by atoms with Crippen LogP contribution in [0.3, 0.4) is 0 Å². The molecule has 1 aliphatic heterocycles. The molecule has 3 aromatic rings. The van der Waals surface area contributed by atoms with Gasteiger partial charge >= 0.3 is 6.18 Å².